The summed E-state index contributed by atoms with van der Waals surface area (Å²) in [4.78, 5) is 13.4. The molecule has 0 unspecified atom stereocenters. The monoisotopic (exact) mass is 280 g/mol. The smallest absolute Gasteiger partial charge is 0.217 e. The van der Waals surface area contributed by atoms with Crippen molar-refractivity contribution in [1.82, 2.24) is 5.32 Å². The molecule has 108 valence electrons. The van der Waals surface area contributed by atoms with Crippen molar-refractivity contribution >= 4 is 11.6 Å². The van der Waals surface area contributed by atoms with Gasteiger partial charge in [0.05, 0.1) is 0 Å². The Bertz CT molecular complexity index is 637. The van der Waals surface area contributed by atoms with Gasteiger partial charge in [-0.15, -0.1) is 0 Å². The zero-order valence-corrected chi connectivity index (χ0v) is 12.3. The van der Waals surface area contributed by atoms with Crippen LogP contribution in [0, 0.1) is 0 Å². The van der Waals surface area contributed by atoms with E-state index in [2.05, 4.69) is 58.7 Å². The number of amides is 1. The molecule has 3 nitrogen and oxygen atoms in total. The summed E-state index contributed by atoms with van der Waals surface area (Å²) < 4.78 is 0. The Morgan fingerprint density at radius 1 is 1.14 bits per heavy atom. The minimum Gasteiger partial charge on any atom is -0.367 e. The SMILES string of the molecule is CC(=O)NCc1ccc2c(c1)CCN2Cc1ccccc1. The lowest BCUT2D eigenvalue weighted by Gasteiger charge is -2.19. The second kappa shape index (κ2) is 6.00. The van der Waals surface area contributed by atoms with Crippen LogP contribution < -0.4 is 10.2 Å². The zero-order chi connectivity index (χ0) is 14.7. The number of benzene rings is 2. The average molecular weight is 280 g/mol. The van der Waals surface area contributed by atoms with E-state index in [0.717, 1.165) is 19.5 Å². The van der Waals surface area contributed by atoms with Crippen LogP contribution in [0.3, 0.4) is 0 Å². The Labute approximate surface area is 125 Å². The summed E-state index contributed by atoms with van der Waals surface area (Å²) in [6.07, 6.45) is 1.08. The number of nitrogens with zero attached hydrogens (tertiary/aromatic N) is 1. The molecule has 2 aromatic carbocycles. The Balaban J connectivity index is 1.72. The first kappa shape index (κ1) is 13.7. The average Bonchev–Trinajstić information content (AvgIpc) is 2.89. The van der Waals surface area contributed by atoms with Crippen LogP contribution in [0.4, 0.5) is 5.69 Å². The Kier molecular flexibility index (Phi) is 3.91. The Morgan fingerprint density at radius 2 is 1.95 bits per heavy atom. The molecule has 1 aliphatic heterocycles. The third-order valence-corrected chi connectivity index (χ3v) is 3.89. The lowest BCUT2D eigenvalue weighted by molar-refractivity contribution is -0.119. The van der Waals surface area contributed by atoms with Crippen molar-refractivity contribution in [2.24, 2.45) is 0 Å². The molecule has 1 N–H and O–H groups in total. The van der Waals surface area contributed by atoms with Gasteiger partial charge in [-0.25, -0.2) is 0 Å². The summed E-state index contributed by atoms with van der Waals surface area (Å²) in [5.41, 5.74) is 5.22. The van der Waals surface area contributed by atoms with Gasteiger partial charge in [0.2, 0.25) is 5.91 Å². The van der Waals surface area contributed by atoms with E-state index in [-0.39, 0.29) is 5.91 Å². The highest BCUT2D eigenvalue weighted by Gasteiger charge is 2.19. The minimum atomic E-state index is 0.0150. The van der Waals surface area contributed by atoms with Crippen LogP contribution >= 0.6 is 0 Å². The van der Waals surface area contributed by atoms with Crippen molar-refractivity contribution < 1.29 is 4.79 Å². The van der Waals surface area contributed by atoms with E-state index in [1.165, 1.54) is 22.4 Å². The highest BCUT2D eigenvalue weighted by Crippen LogP contribution is 2.30. The zero-order valence-electron chi connectivity index (χ0n) is 12.3. The number of carbonyl (C=O) groups excluding carboxylic acids is 1. The van der Waals surface area contributed by atoms with E-state index < -0.39 is 0 Å². The fraction of sp³-hybridized carbons (Fsp3) is 0.278. The van der Waals surface area contributed by atoms with Gasteiger partial charge < -0.3 is 10.2 Å². The quantitative estimate of drug-likeness (QED) is 0.934. The number of anilines is 1. The number of hydrogen-bond acceptors (Lipinski definition) is 2. The van der Waals surface area contributed by atoms with E-state index in [1.54, 1.807) is 6.92 Å². The molecule has 21 heavy (non-hydrogen) atoms. The van der Waals surface area contributed by atoms with E-state index in [0.29, 0.717) is 6.54 Å². The molecule has 0 aromatic heterocycles. The molecular formula is C18H20N2O. The van der Waals surface area contributed by atoms with Crippen LogP contribution in [0.1, 0.15) is 23.6 Å². The fourth-order valence-electron chi connectivity index (χ4n) is 2.83. The van der Waals surface area contributed by atoms with Gasteiger partial charge in [0.25, 0.3) is 0 Å². The van der Waals surface area contributed by atoms with Crippen LogP contribution in [0.2, 0.25) is 0 Å². The summed E-state index contributed by atoms with van der Waals surface area (Å²) in [5, 5.41) is 2.85. The first-order chi connectivity index (χ1) is 10.2. The lowest BCUT2D eigenvalue weighted by Crippen LogP contribution is -2.20. The largest absolute Gasteiger partial charge is 0.367 e. The van der Waals surface area contributed by atoms with Gasteiger partial charge in [0, 0.05) is 32.2 Å². The number of carbonyl (C=O) groups is 1. The second-order valence-corrected chi connectivity index (χ2v) is 5.53. The van der Waals surface area contributed by atoms with Gasteiger partial charge in [-0.1, -0.05) is 42.5 Å². The molecule has 0 aliphatic carbocycles. The summed E-state index contributed by atoms with van der Waals surface area (Å²) in [6.45, 7) is 4.18. The Hall–Kier alpha value is -2.29. The lowest BCUT2D eigenvalue weighted by atomic mass is 10.1. The van der Waals surface area contributed by atoms with Gasteiger partial charge >= 0.3 is 0 Å². The minimum absolute atomic E-state index is 0.0150. The third-order valence-electron chi connectivity index (χ3n) is 3.89. The molecule has 2 aromatic rings. The number of rotatable bonds is 4. The standard InChI is InChI=1S/C18H20N2O/c1-14(21)19-12-16-7-8-18-17(11-16)9-10-20(18)13-15-5-3-2-4-6-15/h2-8,11H,9-10,12-13H2,1H3,(H,19,21). The van der Waals surface area contributed by atoms with Crippen LogP contribution in [0.15, 0.2) is 48.5 Å². The summed E-state index contributed by atoms with van der Waals surface area (Å²) in [7, 11) is 0. The summed E-state index contributed by atoms with van der Waals surface area (Å²) in [5.74, 6) is 0.0150. The maximum Gasteiger partial charge on any atom is 0.217 e. The van der Waals surface area contributed by atoms with E-state index in [4.69, 9.17) is 0 Å². The third kappa shape index (κ3) is 3.24. The normalized spacial score (nSPS) is 13.1. The maximum absolute atomic E-state index is 11.0. The number of fused-ring (bicyclic) bond motifs is 1. The molecule has 3 rings (SSSR count). The molecule has 0 fully saturated rings. The topological polar surface area (TPSA) is 32.3 Å². The van der Waals surface area contributed by atoms with Gasteiger partial charge in [-0.3, -0.25) is 4.79 Å². The van der Waals surface area contributed by atoms with Gasteiger partial charge in [-0.2, -0.15) is 0 Å². The highest BCUT2D eigenvalue weighted by molar-refractivity contribution is 5.72. The van der Waals surface area contributed by atoms with Crippen LogP contribution in [-0.4, -0.2) is 12.5 Å². The van der Waals surface area contributed by atoms with Crippen molar-refractivity contribution in [3.8, 4) is 0 Å². The first-order valence-electron chi connectivity index (χ1n) is 7.37. The van der Waals surface area contributed by atoms with Gasteiger partial charge in [0.15, 0.2) is 0 Å². The van der Waals surface area contributed by atoms with E-state index >= 15 is 0 Å². The molecule has 0 bridgehead atoms. The molecule has 1 amide bonds. The molecule has 0 atom stereocenters. The predicted octanol–water partition coefficient (Wildman–Crippen LogP) is 2.89. The highest BCUT2D eigenvalue weighted by atomic mass is 16.1. The first-order valence-corrected chi connectivity index (χ1v) is 7.37. The molecule has 0 saturated carbocycles. The van der Waals surface area contributed by atoms with Crippen LogP contribution in [-0.2, 0) is 24.3 Å². The molecule has 0 saturated heterocycles. The van der Waals surface area contributed by atoms with Crippen molar-refractivity contribution in [2.45, 2.75) is 26.4 Å². The van der Waals surface area contributed by atoms with Crippen LogP contribution in [0.25, 0.3) is 0 Å². The van der Waals surface area contributed by atoms with E-state index in [1.807, 2.05) is 0 Å². The number of nitrogens with one attached hydrogen (secondary N) is 1. The second-order valence-electron chi connectivity index (χ2n) is 5.53. The molecule has 1 heterocycles. The van der Waals surface area contributed by atoms with Gasteiger partial charge in [0.1, 0.15) is 0 Å². The van der Waals surface area contributed by atoms with Crippen molar-refractivity contribution in [3.63, 3.8) is 0 Å². The number of hydrogen-bond donors (Lipinski definition) is 1. The molecule has 1 aliphatic rings. The van der Waals surface area contributed by atoms with Crippen molar-refractivity contribution in [1.29, 1.82) is 0 Å². The van der Waals surface area contributed by atoms with Gasteiger partial charge in [-0.05, 0) is 29.2 Å². The summed E-state index contributed by atoms with van der Waals surface area (Å²) in [6, 6.07) is 17.1. The molecule has 0 spiro atoms. The van der Waals surface area contributed by atoms with Crippen LogP contribution in [0.5, 0.6) is 0 Å². The predicted molar refractivity (Wildman–Crippen MR) is 85.2 cm³/mol. The van der Waals surface area contributed by atoms with Crippen molar-refractivity contribution in [3.05, 3.63) is 65.2 Å². The molecule has 3 heteroatoms. The van der Waals surface area contributed by atoms with Crippen molar-refractivity contribution in [2.75, 3.05) is 11.4 Å². The summed E-state index contributed by atoms with van der Waals surface area (Å²) >= 11 is 0. The Morgan fingerprint density at radius 3 is 2.71 bits per heavy atom. The maximum atomic E-state index is 11.0. The van der Waals surface area contributed by atoms with E-state index in [9.17, 15) is 4.79 Å². The fourth-order valence-corrected chi connectivity index (χ4v) is 2.83. The molecule has 0 radical (unpaired) electrons. The molecular weight excluding hydrogens is 260 g/mol.